The number of carbonyl (C=O) groups is 2. The van der Waals surface area contributed by atoms with Crippen molar-refractivity contribution in [2.45, 2.75) is 13.8 Å². The molecule has 1 aliphatic rings. The van der Waals surface area contributed by atoms with E-state index in [9.17, 15) is 18.4 Å². The molecule has 1 aliphatic heterocycles. The SMILES string of the molecule is CCOc1ccc(NC(=O)N2CCN(C(=O)c3cc(-c4ccc(OC)cc4)n(-c4ccc(F)cc4F)c3C)CC2)cc1. The van der Waals surface area contributed by atoms with Crippen molar-refractivity contribution in [2.75, 3.05) is 45.2 Å². The number of nitrogens with one attached hydrogen (secondary N) is 1. The largest absolute Gasteiger partial charge is 0.497 e. The van der Waals surface area contributed by atoms with Crippen molar-refractivity contribution in [1.29, 1.82) is 0 Å². The van der Waals surface area contributed by atoms with Crippen LogP contribution >= 0.6 is 0 Å². The molecule has 0 radical (unpaired) electrons. The van der Waals surface area contributed by atoms with Crippen LogP contribution in [0.15, 0.2) is 72.8 Å². The van der Waals surface area contributed by atoms with Gasteiger partial charge in [-0.3, -0.25) is 4.79 Å². The molecule has 3 aromatic carbocycles. The normalized spacial score (nSPS) is 13.2. The molecule has 1 aromatic heterocycles. The quantitative estimate of drug-likeness (QED) is 0.288. The highest BCUT2D eigenvalue weighted by Crippen LogP contribution is 2.32. The van der Waals surface area contributed by atoms with Crippen LogP contribution in [0.4, 0.5) is 19.3 Å². The summed E-state index contributed by atoms with van der Waals surface area (Å²) in [6, 6.07) is 19.2. The molecule has 1 fully saturated rings. The molecule has 3 amide bonds. The third-order valence-corrected chi connectivity index (χ3v) is 7.28. The monoisotopic (exact) mass is 574 g/mol. The Bertz CT molecular complexity index is 1580. The molecule has 0 saturated carbocycles. The van der Waals surface area contributed by atoms with Crippen molar-refractivity contribution in [3.05, 3.63) is 95.7 Å². The Morgan fingerprint density at radius 3 is 2.12 bits per heavy atom. The number of benzene rings is 3. The predicted molar refractivity (Wildman–Crippen MR) is 157 cm³/mol. The van der Waals surface area contributed by atoms with Crippen LogP contribution in [-0.2, 0) is 0 Å². The number of hydrogen-bond acceptors (Lipinski definition) is 4. The van der Waals surface area contributed by atoms with Crippen molar-refractivity contribution >= 4 is 17.6 Å². The van der Waals surface area contributed by atoms with Crippen molar-refractivity contribution in [3.63, 3.8) is 0 Å². The summed E-state index contributed by atoms with van der Waals surface area (Å²) in [5.74, 6) is -0.274. The lowest BCUT2D eigenvalue weighted by molar-refractivity contribution is 0.0671. The molecule has 0 aliphatic carbocycles. The topological polar surface area (TPSA) is 76.0 Å². The van der Waals surface area contributed by atoms with Gasteiger partial charge < -0.3 is 29.2 Å². The highest BCUT2D eigenvalue weighted by atomic mass is 19.1. The van der Waals surface area contributed by atoms with Gasteiger partial charge in [0.1, 0.15) is 23.1 Å². The Kier molecular flexibility index (Phi) is 8.42. The van der Waals surface area contributed by atoms with E-state index in [-0.39, 0.29) is 17.6 Å². The highest BCUT2D eigenvalue weighted by Gasteiger charge is 2.29. The smallest absolute Gasteiger partial charge is 0.321 e. The lowest BCUT2D eigenvalue weighted by Gasteiger charge is -2.34. The molecule has 10 heteroatoms. The maximum absolute atomic E-state index is 15.0. The average molecular weight is 575 g/mol. The Hall–Kier alpha value is -4.86. The Morgan fingerprint density at radius 2 is 1.50 bits per heavy atom. The third kappa shape index (κ3) is 5.93. The summed E-state index contributed by atoms with van der Waals surface area (Å²) in [6.45, 7) is 5.58. The van der Waals surface area contributed by atoms with Gasteiger partial charge >= 0.3 is 6.03 Å². The van der Waals surface area contributed by atoms with Gasteiger partial charge in [-0.2, -0.15) is 0 Å². The third-order valence-electron chi connectivity index (χ3n) is 7.28. The summed E-state index contributed by atoms with van der Waals surface area (Å²) in [5.41, 5.74) is 3.02. The van der Waals surface area contributed by atoms with Crippen LogP contribution in [0.25, 0.3) is 16.9 Å². The average Bonchev–Trinajstić information content (AvgIpc) is 3.34. The second-order valence-corrected chi connectivity index (χ2v) is 9.86. The minimum Gasteiger partial charge on any atom is -0.497 e. The Labute approximate surface area is 243 Å². The Balaban J connectivity index is 1.35. The number of ether oxygens (including phenoxy) is 2. The molecule has 0 unspecified atom stereocenters. The maximum atomic E-state index is 15.0. The van der Waals surface area contributed by atoms with Gasteiger partial charge in [-0.05, 0) is 86.1 Å². The molecule has 0 bridgehead atoms. The Morgan fingerprint density at radius 1 is 0.857 bits per heavy atom. The molecule has 2 heterocycles. The molecule has 1 saturated heterocycles. The summed E-state index contributed by atoms with van der Waals surface area (Å²) >= 11 is 0. The molecule has 8 nitrogen and oxygen atoms in total. The standard InChI is InChI=1S/C32H32F2N4O4/c1-4-42-26-12-8-24(9-13-26)35-32(40)37-17-15-36(16-18-37)31(39)27-20-30(22-5-10-25(41-3)11-6-22)38(21(27)2)29-14-7-23(33)19-28(29)34/h5-14,19-20H,4,15-18H2,1-3H3,(H,35,40). The number of rotatable bonds is 7. The number of halogens is 2. The molecule has 1 N–H and O–H groups in total. The molecular weight excluding hydrogens is 542 g/mol. The van der Waals surface area contributed by atoms with E-state index in [4.69, 9.17) is 9.47 Å². The number of aromatic nitrogens is 1. The molecule has 0 atom stereocenters. The number of carbonyl (C=O) groups excluding carboxylic acids is 2. The zero-order valence-electron chi connectivity index (χ0n) is 23.7. The van der Waals surface area contributed by atoms with Crippen LogP contribution in [-0.4, -0.2) is 66.2 Å². The first-order valence-electron chi connectivity index (χ1n) is 13.7. The van der Waals surface area contributed by atoms with Crippen LogP contribution in [0.2, 0.25) is 0 Å². The summed E-state index contributed by atoms with van der Waals surface area (Å²) in [4.78, 5) is 29.9. The molecule has 218 valence electrons. The van der Waals surface area contributed by atoms with Crippen LogP contribution in [0.1, 0.15) is 23.0 Å². The van der Waals surface area contributed by atoms with Gasteiger partial charge in [0.05, 0.1) is 30.7 Å². The van der Waals surface area contributed by atoms with E-state index in [2.05, 4.69) is 5.32 Å². The van der Waals surface area contributed by atoms with Gasteiger partial charge in [-0.15, -0.1) is 0 Å². The predicted octanol–water partition coefficient (Wildman–Crippen LogP) is 6.13. The van der Waals surface area contributed by atoms with Crippen molar-refractivity contribution in [3.8, 4) is 28.4 Å². The second kappa shape index (κ2) is 12.3. The van der Waals surface area contributed by atoms with Crippen molar-refractivity contribution in [2.24, 2.45) is 0 Å². The molecule has 4 aromatic rings. The minimum atomic E-state index is -0.741. The van der Waals surface area contributed by atoms with E-state index in [1.165, 1.54) is 12.1 Å². The van der Waals surface area contributed by atoms with E-state index in [0.29, 0.717) is 61.2 Å². The molecular formula is C32H32F2N4O4. The van der Waals surface area contributed by atoms with E-state index in [1.54, 1.807) is 70.9 Å². The number of methoxy groups -OCH3 is 1. The first-order valence-corrected chi connectivity index (χ1v) is 13.7. The van der Waals surface area contributed by atoms with E-state index < -0.39 is 11.6 Å². The number of urea groups is 1. The van der Waals surface area contributed by atoms with Crippen LogP contribution in [0, 0.1) is 18.6 Å². The number of piperazine rings is 1. The number of hydrogen-bond donors (Lipinski definition) is 1. The van der Waals surface area contributed by atoms with Crippen LogP contribution in [0.5, 0.6) is 11.5 Å². The highest BCUT2D eigenvalue weighted by molar-refractivity contribution is 5.98. The van der Waals surface area contributed by atoms with Gasteiger partial charge in [-0.25, -0.2) is 13.6 Å². The minimum absolute atomic E-state index is 0.134. The first kappa shape index (κ1) is 28.7. The fourth-order valence-electron chi connectivity index (χ4n) is 5.06. The van der Waals surface area contributed by atoms with Crippen molar-refractivity contribution in [1.82, 2.24) is 14.4 Å². The van der Waals surface area contributed by atoms with Gasteiger partial charge in [-0.1, -0.05) is 0 Å². The maximum Gasteiger partial charge on any atom is 0.321 e. The van der Waals surface area contributed by atoms with Gasteiger partial charge in [0.2, 0.25) is 0 Å². The molecule has 0 spiro atoms. The summed E-state index contributed by atoms with van der Waals surface area (Å²) in [6.07, 6.45) is 0. The summed E-state index contributed by atoms with van der Waals surface area (Å²) < 4.78 is 41.1. The first-order chi connectivity index (χ1) is 20.3. The van der Waals surface area contributed by atoms with Gasteiger partial charge in [0, 0.05) is 43.6 Å². The molecule has 5 rings (SSSR count). The number of anilines is 1. The fourth-order valence-corrected chi connectivity index (χ4v) is 5.06. The van der Waals surface area contributed by atoms with E-state index in [0.717, 1.165) is 17.4 Å². The second-order valence-electron chi connectivity index (χ2n) is 9.86. The molecule has 42 heavy (non-hydrogen) atoms. The summed E-state index contributed by atoms with van der Waals surface area (Å²) in [7, 11) is 1.57. The van der Waals surface area contributed by atoms with Crippen molar-refractivity contribution < 1.29 is 27.8 Å². The van der Waals surface area contributed by atoms with E-state index in [1.807, 2.05) is 19.1 Å². The zero-order valence-corrected chi connectivity index (χ0v) is 23.7. The van der Waals surface area contributed by atoms with Crippen LogP contribution in [0.3, 0.4) is 0 Å². The fraction of sp³-hybridized carbons (Fsp3) is 0.250. The number of nitrogens with zero attached hydrogens (tertiary/aromatic N) is 3. The number of amides is 3. The van der Waals surface area contributed by atoms with Crippen LogP contribution < -0.4 is 14.8 Å². The van der Waals surface area contributed by atoms with E-state index >= 15 is 0 Å². The lowest BCUT2D eigenvalue weighted by atomic mass is 10.1. The summed E-state index contributed by atoms with van der Waals surface area (Å²) in [5, 5.41) is 2.88. The van der Waals surface area contributed by atoms with Gasteiger partial charge in [0.25, 0.3) is 5.91 Å². The lowest BCUT2D eigenvalue weighted by Crippen LogP contribution is -2.51. The van der Waals surface area contributed by atoms with Gasteiger partial charge in [0.15, 0.2) is 0 Å². The zero-order chi connectivity index (χ0) is 29.8.